The minimum absolute atomic E-state index is 0.252. The minimum atomic E-state index is -0.252. The molecule has 0 radical (unpaired) electrons. The molecule has 1 unspecified atom stereocenters. The van der Waals surface area contributed by atoms with Crippen LogP contribution in [-0.4, -0.2) is 18.2 Å². The molecule has 0 bridgehead atoms. The van der Waals surface area contributed by atoms with Gasteiger partial charge in [0.2, 0.25) is 5.89 Å². The second kappa shape index (κ2) is 6.66. The van der Waals surface area contributed by atoms with Crippen LogP contribution in [0.3, 0.4) is 0 Å². The van der Waals surface area contributed by atoms with Crippen molar-refractivity contribution in [3.63, 3.8) is 0 Å². The molecule has 4 nitrogen and oxygen atoms in total. The second-order valence-electron chi connectivity index (χ2n) is 4.21. The van der Waals surface area contributed by atoms with Gasteiger partial charge < -0.3 is 13.9 Å². The Morgan fingerprint density at radius 3 is 2.50 bits per heavy atom. The van der Waals surface area contributed by atoms with Crippen LogP contribution >= 0.6 is 11.6 Å². The molecular weight excluding hydrogens is 278 g/mol. The van der Waals surface area contributed by atoms with Gasteiger partial charge in [-0.05, 0) is 39.0 Å². The Bertz CT molecular complexity index is 566. The number of halogens is 1. The molecule has 5 heteroatoms. The largest absolute Gasteiger partial charge is 0.490 e. The summed E-state index contributed by atoms with van der Waals surface area (Å²) in [4.78, 5) is 4.16. The van der Waals surface area contributed by atoms with Crippen LogP contribution in [0, 0.1) is 0 Å². The predicted molar refractivity (Wildman–Crippen MR) is 78.5 cm³/mol. The van der Waals surface area contributed by atoms with E-state index in [-0.39, 0.29) is 5.38 Å². The number of aromatic nitrogens is 1. The topological polar surface area (TPSA) is 44.5 Å². The number of oxazole rings is 1. The summed E-state index contributed by atoms with van der Waals surface area (Å²) in [6.07, 6.45) is 1.67. The lowest BCUT2D eigenvalue weighted by Crippen LogP contribution is -1.98. The molecule has 0 spiro atoms. The SMILES string of the molecule is CCOc1ccc(-c2cnc(C(C)Cl)o2)cc1OCC. The van der Waals surface area contributed by atoms with Gasteiger partial charge in [-0.1, -0.05) is 0 Å². The van der Waals surface area contributed by atoms with E-state index in [1.807, 2.05) is 39.0 Å². The van der Waals surface area contributed by atoms with Gasteiger partial charge in [0.1, 0.15) is 5.38 Å². The van der Waals surface area contributed by atoms with Crippen molar-refractivity contribution in [1.82, 2.24) is 4.98 Å². The molecule has 0 fully saturated rings. The van der Waals surface area contributed by atoms with Crippen LogP contribution in [0.4, 0.5) is 0 Å². The fraction of sp³-hybridized carbons (Fsp3) is 0.400. The Morgan fingerprint density at radius 1 is 1.20 bits per heavy atom. The number of hydrogen-bond donors (Lipinski definition) is 0. The maximum Gasteiger partial charge on any atom is 0.212 e. The number of benzene rings is 1. The number of nitrogens with zero attached hydrogens (tertiary/aromatic N) is 1. The summed E-state index contributed by atoms with van der Waals surface area (Å²) in [7, 11) is 0. The van der Waals surface area contributed by atoms with E-state index in [1.165, 1.54) is 0 Å². The fourth-order valence-electron chi connectivity index (χ4n) is 1.81. The highest BCUT2D eigenvalue weighted by molar-refractivity contribution is 6.20. The first-order chi connectivity index (χ1) is 9.65. The second-order valence-corrected chi connectivity index (χ2v) is 4.86. The zero-order chi connectivity index (χ0) is 14.5. The van der Waals surface area contributed by atoms with Crippen LogP contribution in [0.15, 0.2) is 28.8 Å². The van der Waals surface area contributed by atoms with Gasteiger partial charge in [-0.3, -0.25) is 0 Å². The van der Waals surface area contributed by atoms with Gasteiger partial charge in [0.25, 0.3) is 0 Å². The van der Waals surface area contributed by atoms with Crippen LogP contribution in [-0.2, 0) is 0 Å². The van der Waals surface area contributed by atoms with Crippen LogP contribution in [0.1, 0.15) is 32.0 Å². The fourth-order valence-corrected chi connectivity index (χ4v) is 1.91. The third kappa shape index (κ3) is 3.25. The van der Waals surface area contributed by atoms with Crippen molar-refractivity contribution in [2.75, 3.05) is 13.2 Å². The van der Waals surface area contributed by atoms with Crippen molar-refractivity contribution < 1.29 is 13.9 Å². The number of hydrogen-bond acceptors (Lipinski definition) is 4. The Balaban J connectivity index is 2.33. The third-order valence-electron chi connectivity index (χ3n) is 2.69. The smallest absolute Gasteiger partial charge is 0.212 e. The summed E-state index contributed by atoms with van der Waals surface area (Å²) in [5, 5.41) is -0.252. The average Bonchev–Trinajstić information content (AvgIpc) is 2.91. The molecular formula is C15H18ClNO3. The zero-order valence-electron chi connectivity index (χ0n) is 11.9. The highest BCUT2D eigenvalue weighted by Crippen LogP contribution is 2.34. The Kier molecular flexibility index (Phi) is 4.90. The van der Waals surface area contributed by atoms with E-state index in [0.29, 0.717) is 30.6 Å². The van der Waals surface area contributed by atoms with Crippen LogP contribution in [0.5, 0.6) is 11.5 Å². The summed E-state index contributed by atoms with van der Waals surface area (Å²) < 4.78 is 16.7. The molecule has 1 atom stereocenters. The van der Waals surface area contributed by atoms with E-state index >= 15 is 0 Å². The average molecular weight is 296 g/mol. The van der Waals surface area contributed by atoms with Crippen molar-refractivity contribution in [3.8, 4) is 22.8 Å². The summed E-state index contributed by atoms with van der Waals surface area (Å²) >= 11 is 5.95. The number of ether oxygens (including phenoxy) is 2. The highest BCUT2D eigenvalue weighted by Gasteiger charge is 2.13. The van der Waals surface area contributed by atoms with Crippen molar-refractivity contribution >= 4 is 11.6 Å². The van der Waals surface area contributed by atoms with Crippen molar-refractivity contribution in [1.29, 1.82) is 0 Å². The van der Waals surface area contributed by atoms with Crippen LogP contribution in [0.25, 0.3) is 11.3 Å². The van der Waals surface area contributed by atoms with E-state index in [1.54, 1.807) is 6.20 Å². The summed E-state index contributed by atoms with van der Waals surface area (Å²) in [5.74, 6) is 2.59. The van der Waals surface area contributed by atoms with E-state index in [4.69, 9.17) is 25.5 Å². The van der Waals surface area contributed by atoms with E-state index in [9.17, 15) is 0 Å². The molecule has 20 heavy (non-hydrogen) atoms. The van der Waals surface area contributed by atoms with Gasteiger partial charge in [-0.25, -0.2) is 4.98 Å². The number of rotatable bonds is 6. The normalized spacial score (nSPS) is 12.2. The van der Waals surface area contributed by atoms with E-state index in [2.05, 4.69) is 4.98 Å². The molecule has 0 saturated carbocycles. The standard InChI is InChI=1S/C15H18ClNO3/c1-4-18-12-7-6-11(8-13(12)19-5-2)14-9-17-15(20-14)10(3)16/h6-10H,4-5H2,1-3H3. The molecule has 108 valence electrons. The Morgan fingerprint density at radius 2 is 1.90 bits per heavy atom. The molecule has 0 saturated heterocycles. The monoisotopic (exact) mass is 295 g/mol. The first kappa shape index (κ1) is 14.7. The Hall–Kier alpha value is -1.68. The maximum atomic E-state index is 5.95. The number of alkyl halides is 1. The van der Waals surface area contributed by atoms with Gasteiger partial charge in [-0.2, -0.15) is 0 Å². The molecule has 0 amide bonds. The van der Waals surface area contributed by atoms with Crippen molar-refractivity contribution in [3.05, 3.63) is 30.3 Å². The first-order valence-electron chi connectivity index (χ1n) is 6.65. The molecule has 2 aromatic rings. The van der Waals surface area contributed by atoms with Crippen molar-refractivity contribution in [2.24, 2.45) is 0 Å². The molecule has 0 aliphatic carbocycles. The van der Waals surface area contributed by atoms with Gasteiger partial charge in [0.05, 0.1) is 19.4 Å². The third-order valence-corrected chi connectivity index (χ3v) is 2.88. The molecule has 1 heterocycles. The predicted octanol–water partition coefficient (Wildman–Crippen LogP) is 4.44. The minimum Gasteiger partial charge on any atom is -0.490 e. The molecule has 0 aliphatic heterocycles. The van der Waals surface area contributed by atoms with Gasteiger partial charge >= 0.3 is 0 Å². The van der Waals surface area contributed by atoms with Gasteiger partial charge in [-0.15, -0.1) is 11.6 Å². The lowest BCUT2D eigenvalue weighted by atomic mass is 10.1. The van der Waals surface area contributed by atoms with Crippen LogP contribution in [0.2, 0.25) is 0 Å². The van der Waals surface area contributed by atoms with Crippen LogP contribution < -0.4 is 9.47 Å². The Labute approximate surface area is 123 Å². The first-order valence-corrected chi connectivity index (χ1v) is 7.09. The maximum absolute atomic E-state index is 5.95. The molecule has 1 aromatic carbocycles. The molecule has 0 aliphatic rings. The van der Waals surface area contributed by atoms with Gasteiger partial charge in [0.15, 0.2) is 17.3 Å². The van der Waals surface area contributed by atoms with Crippen molar-refractivity contribution in [2.45, 2.75) is 26.1 Å². The quantitative estimate of drug-likeness (QED) is 0.739. The lowest BCUT2D eigenvalue weighted by molar-refractivity contribution is 0.288. The molecule has 0 N–H and O–H groups in total. The lowest BCUT2D eigenvalue weighted by Gasteiger charge is -2.11. The van der Waals surface area contributed by atoms with Gasteiger partial charge in [0, 0.05) is 5.56 Å². The molecule has 2 rings (SSSR count). The summed E-state index contributed by atoms with van der Waals surface area (Å²) in [6, 6.07) is 5.67. The van der Waals surface area contributed by atoms with E-state index in [0.717, 1.165) is 11.3 Å². The zero-order valence-corrected chi connectivity index (χ0v) is 12.6. The van der Waals surface area contributed by atoms with E-state index < -0.39 is 0 Å². The molecule has 1 aromatic heterocycles. The summed E-state index contributed by atoms with van der Waals surface area (Å²) in [5.41, 5.74) is 0.882. The highest BCUT2D eigenvalue weighted by atomic mass is 35.5. The summed E-state index contributed by atoms with van der Waals surface area (Å²) in [6.45, 7) is 6.86.